The van der Waals surface area contributed by atoms with Crippen molar-refractivity contribution in [2.24, 2.45) is 0 Å². The molecule has 0 amide bonds. The number of ether oxygens (including phenoxy) is 2. The molecule has 0 saturated heterocycles. The normalized spacial score (nSPS) is 18.9. The third-order valence-electron chi connectivity index (χ3n) is 3.32. The summed E-state index contributed by atoms with van der Waals surface area (Å²) in [7, 11) is 1.63. The summed E-state index contributed by atoms with van der Waals surface area (Å²) in [6.45, 7) is 1.39. The highest BCUT2D eigenvalue weighted by molar-refractivity contribution is 5.69. The lowest BCUT2D eigenvalue weighted by atomic mass is 10.0. The summed E-state index contributed by atoms with van der Waals surface area (Å²) in [6, 6.07) is 7.63. The number of rotatable bonds is 3. The van der Waals surface area contributed by atoms with E-state index in [1.165, 1.54) is 6.92 Å². The zero-order valence-corrected chi connectivity index (χ0v) is 13.5. The van der Waals surface area contributed by atoms with Crippen LogP contribution < -0.4 is 4.74 Å². The lowest BCUT2D eigenvalue weighted by Gasteiger charge is -2.12. The largest absolute Gasteiger partial charge is 0.497 e. The average Bonchev–Trinajstić information content (AvgIpc) is 2.55. The lowest BCUT2D eigenvalue weighted by molar-refractivity contribution is -0.142. The van der Waals surface area contributed by atoms with E-state index in [0.717, 1.165) is 37.0 Å². The Kier molecular flexibility index (Phi) is 6.33. The van der Waals surface area contributed by atoms with Crippen molar-refractivity contribution in [3.05, 3.63) is 35.4 Å². The van der Waals surface area contributed by atoms with Crippen molar-refractivity contribution in [2.45, 2.75) is 38.7 Å². The van der Waals surface area contributed by atoms with Gasteiger partial charge in [0, 0.05) is 19.8 Å². The number of benzene rings is 1. The van der Waals surface area contributed by atoms with Gasteiger partial charge in [-0.2, -0.15) is 0 Å². The van der Waals surface area contributed by atoms with Gasteiger partial charge in [-0.25, -0.2) is 0 Å². The zero-order valence-electron chi connectivity index (χ0n) is 13.5. The van der Waals surface area contributed by atoms with Crippen molar-refractivity contribution in [1.82, 2.24) is 0 Å². The van der Waals surface area contributed by atoms with E-state index < -0.39 is 6.10 Å². The first-order valence-electron chi connectivity index (χ1n) is 7.69. The van der Waals surface area contributed by atoms with Gasteiger partial charge >= 0.3 is 5.97 Å². The molecule has 118 valence electrons. The molecule has 2 rings (SSSR count). The van der Waals surface area contributed by atoms with E-state index in [2.05, 4.69) is 23.7 Å². The van der Waals surface area contributed by atoms with E-state index in [0.29, 0.717) is 5.57 Å². The predicted molar refractivity (Wildman–Crippen MR) is 90.5 cm³/mol. The number of carbonyl (C=O) groups excluding carboxylic acids is 1. The number of hydrogen-bond donors (Lipinski definition) is 0. The predicted octanol–water partition coefficient (Wildman–Crippen LogP) is 3.59. The number of methoxy groups -OCH3 is 1. The van der Waals surface area contributed by atoms with Gasteiger partial charge in [0.2, 0.25) is 0 Å². The van der Waals surface area contributed by atoms with Crippen LogP contribution in [0.5, 0.6) is 5.75 Å². The Morgan fingerprint density at radius 3 is 2.52 bits per heavy atom. The van der Waals surface area contributed by atoms with Gasteiger partial charge in [-0.1, -0.05) is 35.8 Å². The fourth-order valence-electron chi connectivity index (χ4n) is 2.15. The molecule has 1 atom stereocenters. The molecule has 1 aromatic carbocycles. The minimum atomic E-state index is -0.611. The van der Waals surface area contributed by atoms with Gasteiger partial charge in [0.15, 0.2) is 6.10 Å². The first-order chi connectivity index (χ1) is 11.2. The smallest absolute Gasteiger partial charge is 0.304 e. The molecule has 3 nitrogen and oxygen atoms in total. The fraction of sp³-hybridized carbons (Fsp3) is 0.350. The Balaban J connectivity index is 2.35. The molecule has 0 spiro atoms. The molecule has 0 bridgehead atoms. The molecule has 0 unspecified atom stereocenters. The van der Waals surface area contributed by atoms with Crippen LogP contribution in [0.3, 0.4) is 0 Å². The van der Waals surface area contributed by atoms with E-state index in [4.69, 9.17) is 9.47 Å². The monoisotopic (exact) mass is 308 g/mol. The Bertz CT molecular complexity index is 690. The minimum Gasteiger partial charge on any atom is -0.497 e. The van der Waals surface area contributed by atoms with Crippen molar-refractivity contribution in [1.29, 1.82) is 0 Å². The Morgan fingerprint density at radius 2 is 1.87 bits per heavy atom. The second kappa shape index (κ2) is 8.71. The van der Waals surface area contributed by atoms with Gasteiger partial charge in [0.25, 0.3) is 0 Å². The number of esters is 1. The van der Waals surface area contributed by atoms with Gasteiger partial charge in [-0.3, -0.25) is 4.79 Å². The van der Waals surface area contributed by atoms with Crippen LogP contribution in [0, 0.1) is 23.7 Å². The summed E-state index contributed by atoms with van der Waals surface area (Å²) >= 11 is 0. The molecule has 1 aromatic rings. The first kappa shape index (κ1) is 16.7. The molecule has 0 N–H and O–H groups in total. The second-order valence-corrected chi connectivity index (χ2v) is 5.19. The molecule has 3 heteroatoms. The van der Waals surface area contributed by atoms with Crippen molar-refractivity contribution in [2.75, 3.05) is 7.11 Å². The van der Waals surface area contributed by atoms with E-state index in [9.17, 15) is 4.79 Å². The van der Waals surface area contributed by atoms with Crippen LogP contribution in [-0.4, -0.2) is 19.2 Å². The summed E-state index contributed by atoms with van der Waals surface area (Å²) in [4.78, 5) is 11.4. The van der Waals surface area contributed by atoms with E-state index in [1.807, 2.05) is 30.3 Å². The maximum atomic E-state index is 11.4. The molecular formula is C20H20O3. The number of hydrogen-bond acceptors (Lipinski definition) is 3. The van der Waals surface area contributed by atoms with Crippen molar-refractivity contribution in [3.8, 4) is 29.4 Å². The van der Waals surface area contributed by atoms with Crippen LogP contribution in [0.4, 0.5) is 0 Å². The van der Waals surface area contributed by atoms with Gasteiger partial charge in [-0.15, -0.1) is 0 Å². The van der Waals surface area contributed by atoms with E-state index in [-0.39, 0.29) is 5.97 Å². The van der Waals surface area contributed by atoms with Gasteiger partial charge < -0.3 is 9.47 Å². The van der Waals surface area contributed by atoms with Crippen LogP contribution in [-0.2, 0) is 9.53 Å². The molecule has 1 aliphatic rings. The van der Waals surface area contributed by atoms with Crippen molar-refractivity contribution < 1.29 is 14.3 Å². The topological polar surface area (TPSA) is 35.5 Å². The molecule has 0 radical (unpaired) electrons. The summed E-state index contributed by atoms with van der Waals surface area (Å²) in [6.07, 6.45) is 4.99. The number of carbonyl (C=O) groups is 1. The maximum Gasteiger partial charge on any atom is 0.304 e. The van der Waals surface area contributed by atoms with Crippen LogP contribution in [0.25, 0.3) is 6.08 Å². The second-order valence-electron chi connectivity index (χ2n) is 5.19. The summed E-state index contributed by atoms with van der Waals surface area (Å²) in [5.74, 6) is 12.8. The molecule has 0 aromatic heterocycles. The highest BCUT2D eigenvalue weighted by Crippen LogP contribution is 2.17. The highest BCUT2D eigenvalue weighted by atomic mass is 16.5. The van der Waals surface area contributed by atoms with Crippen LogP contribution in [0.1, 0.15) is 38.2 Å². The zero-order chi connectivity index (χ0) is 16.5. The fourth-order valence-corrected chi connectivity index (χ4v) is 2.15. The Labute approximate surface area is 137 Å². The Hall–Kier alpha value is -2.65. The summed E-state index contributed by atoms with van der Waals surface area (Å²) in [5, 5.41) is 0. The lowest BCUT2D eigenvalue weighted by Crippen LogP contribution is -2.16. The van der Waals surface area contributed by atoms with E-state index >= 15 is 0 Å². The Morgan fingerprint density at radius 1 is 1.17 bits per heavy atom. The maximum absolute atomic E-state index is 11.4. The SMILES string of the molecule is COc1ccc(/C=C2\C#CCCCCC#C[C@H]2OC(C)=O)cc1. The van der Waals surface area contributed by atoms with Crippen molar-refractivity contribution >= 4 is 12.0 Å². The summed E-state index contributed by atoms with van der Waals surface area (Å²) < 4.78 is 10.5. The minimum absolute atomic E-state index is 0.358. The third kappa shape index (κ3) is 5.57. The molecule has 0 aliphatic heterocycles. The van der Waals surface area contributed by atoms with E-state index in [1.54, 1.807) is 7.11 Å². The molecule has 0 fully saturated rings. The molecular weight excluding hydrogens is 288 g/mol. The molecule has 1 aliphatic carbocycles. The van der Waals surface area contributed by atoms with Crippen LogP contribution in [0.15, 0.2) is 29.8 Å². The summed E-state index contributed by atoms with van der Waals surface area (Å²) in [5.41, 5.74) is 1.67. The molecule has 0 heterocycles. The van der Waals surface area contributed by atoms with Gasteiger partial charge in [0.05, 0.1) is 12.7 Å². The average molecular weight is 308 g/mol. The first-order valence-corrected chi connectivity index (χ1v) is 7.69. The molecule has 0 saturated carbocycles. The van der Waals surface area contributed by atoms with Crippen LogP contribution >= 0.6 is 0 Å². The highest BCUT2D eigenvalue weighted by Gasteiger charge is 2.14. The quantitative estimate of drug-likeness (QED) is 0.632. The molecule has 23 heavy (non-hydrogen) atoms. The third-order valence-corrected chi connectivity index (χ3v) is 3.32. The van der Waals surface area contributed by atoms with Gasteiger partial charge in [-0.05, 0) is 36.6 Å². The van der Waals surface area contributed by atoms with Crippen LogP contribution in [0.2, 0.25) is 0 Å². The standard InChI is InChI=1S/C20H20O3/c1-16(21)23-20-10-8-6-4-3-5-7-9-18(20)15-17-11-13-19(22-2)14-12-17/h11-15,20H,3-6H2,1-2H3/b18-15+/t20-/m1/s1. The van der Waals surface area contributed by atoms with Crippen molar-refractivity contribution in [3.63, 3.8) is 0 Å². The van der Waals surface area contributed by atoms with Gasteiger partial charge in [0.1, 0.15) is 5.75 Å².